The average Bonchev–Trinajstić information content (AvgIpc) is 2.83. The van der Waals surface area contributed by atoms with Crippen LogP contribution in [0, 0.1) is 0 Å². The number of aliphatic hydroxyl groups excluding tert-OH is 1. The Bertz CT molecular complexity index is 749. The molecule has 27 heavy (non-hydrogen) atoms. The van der Waals surface area contributed by atoms with Gasteiger partial charge in [-0.3, -0.25) is 14.5 Å². The molecule has 1 aliphatic heterocycles. The van der Waals surface area contributed by atoms with Crippen molar-refractivity contribution in [1.82, 2.24) is 9.80 Å². The third-order valence-corrected chi connectivity index (χ3v) is 4.69. The van der Waals surface area contributed by atoms with E-state index in [0.717, 1.165) is 0 Å². The fraction of sp³-hybridized carbons (Fsp3) is 0.474. The maximum Gasteiger partial charge on any atom is 0.277 e. The van der Waals surface area contributed by atoms with Crippen molar-refractivity contribution < 1.29 is 19.4 Å². The monoisotopic (exact) mass is 414 g/mol. The van der Waals surface area contributed by atoms with Crippen LogP contribution in [0.2, 0.25) is 10.0 Å². The Morgan fingerprint density at radius 2 is 1.93 bits per heavy atom. The molecule has 0 bridgehead atoms. The number of ether oxygens (including phenoxy) is 1. The Morgan fingerprint density at radius 3 is 2.52 bits per heavy atom. The van der Waals surface area contributed by atoms with Crippen molar-refractivity contribution in [3.8, 4) is 0 Å². The standard InChI is InChI=1S/C19H24Cl2N2O4/c1-12(2)27-10-4-7-23-18(25)16(14-6-5-13(20)11-15(14)21)17(19(23)26)22(3)8-9-24/h5-6,11-12,24H,4,7-10H2,1-3H3. The summed E-state index contributed by atoms with van der Waals surface area (Å²) in [4.78, 5) is 28.7. The van der Waals surface area contributed by atoms with Gasteiger partial charge in [0.25, 0.3) is 11.8 Å². The van der Waals surface area contributed by atoms with Gasteiger partial charge >= 0.3 is 0 Å². The van der Waals surface area contributed by atoms with E-state index in [4.69, 9.17) is 27.9 Å². The second-order valence-electron chi connectivity index (χ2n) is 6.53. The van der Waals surface area contributed by atoms with Crippen LogP contribution < -0.4 is 0 Å². The largest absolute Gasteiger partial charge is 0.395 e. The number of hydrogen-bond donors (Lipinski definition) is 1. The lowest BCUT2D eigenvalue weighted by molar-refractivity contribution is -0.137. The molecule has 1 aliphatic rings. The second kappa shape index (κ2) is 9.55. The van der Waals surface area contributed by atoms with Crippen LogP contribution >= 0.6 is 23.2 Å². The van der Waals surface area contributed by atoms with Crippen molar-refractivity contribution >= 4 is 40.6 Å². The molecule has 0 saturated heterocycles. The van der Waals surface area contributed by atoms with Gasteiger partial charge in [-0.25, -0.2) is 0 Å². The molecule has 0 radical (unpaired) electrons. The highest BCUT2D eigenvalue weighted by Crippen LogP contribution is 2.35. The van der Waals surface area contributed by atoms with Crippen molar-refractivity contribution in [2.24, 2.45) is 0 Å². The van der Waals surface area contributed by atoms with Gasteiger partial charge in [-0.15, -0.1) is 0 Å². The highest BCUT2D eigenvalue weighted by atomic mass is 35.5. The van der Waals surface area contributed by atoms with Crippen LogP contribution in [0.3, 0.4) is 0 Å². The van der Waals surface area contributed by atoms with Gasteiger partial charge in [0.2, 0.25) is 0 Å². The van der Waals surface area contributed by atoms with Gasteiger partial charge < -0.3 is 14.7 Å². The van der Waals surface area contributed by atoms with Crippen molar-refractivity contribution in [2.75, 3.05) is 33.4 Å². The Kier molecular flexibility index (Phi) is 7.68. The molecular formula is C19H24Cl2N2O4. The first-order chi connectivity index (χ1) is 12.8. The summed E-state index contributed by atoms with van der Waals surface area (Å²) in [7, 11) is 1.66. The molecule has 0 aliphatic carbocycles. The number of imide groups is 1. The molecule has 148 valence electrons. The SMILES string of the molecule is CC(C)OCCCN1C(=O)C(c2ccc(Cl)cc2Cl)=C(N(C)CCO)C1=O. The van der Waals surface area contributed by atoms with Crippen LogP contribution in [-0.4, -0.2) is 66.2 Å². The van der Waals surface area contributed by atoms with Crippen LogP contribution in [0.1, 0.15) is 25.8 Å². The van der Waals surface area contributed by atoms with Crippen LogP contribution in [-0.2, 0) is 14.3 Å². The van der Waals surface area contributed by atoms with Gasteiger partial charge in [0, 0.05) is 37.3 Å². The minimum Gasteiger partial charge on any atom is -0.395 e. The summed E-state index contributed by atoms with van der Waals surface area (Å²) in [5.41, 5.74) is 0.894. The molecule has 2 rings (SSSR count). The first-order valence-corrected chi connectivity index (χ1v) is 9.53. The maximum absolute atomic E-state index is 13.0. The minimum atomic E-state index is -0.409. The Balaban J connectivity index is 2.35. The summed E-state index contributed by atoms with van der Waals surface area (Å²) < 4.78 is 5.49. The number of carbonyl (C=O) groups excluding carboxylic acids is 2. The van der Waals surface area contributed by atoms with Crippen LogP contribution in [0.5, 0.6) is 0 Å². The van der Waals surface area contributed by atoms with Crippen LogP contribution in [0.4, 0.5) is 0 Å². The van der Waals surface area contributed by atoms with E-state index in [0.29, 0.717) is 28.6 Å². The first-order valence-electron chi connectivity index (χ1n) is 8.77. The van der Waals surface area contributed by atoms with Crippen molar-refractivity contribution in [3.63, 3.8) is 0 Å². The molecule has 0 atom stereocenters. The summed E-state index contributed by atoms with van der Waals surface area (Å²) in [5.74, 6) is -0.810. The zero-order valence-electron chi connectivity index (χ0n) is 15.7. The first kappa shape index (κ1) is 21.7. The van der Waals surface area contributed by atoms with Gasteiger partial charge in [0.1, 0.15) is 5.70 Å². The number of nitrogens with zero attached hydrogens (tertiary/aromatic N) is 2. The number of likely N-dealkylation sites (N-methyl/N-ethyl adjacent to an activating group) is 1. The van der Waals surface area contributed by atoms with Crippen molar-refractivity contribution in [3.05, 3.63) is 39.5 Å². The Labute approximate surface area is 169 Å². The third-order valence-electron chi connectivity index (χ3n) is 4.14. The molecule has 8 heteroatoms. The molecule has 0 spiro atoms. The smallest absolute Gasteiger partial charge is 0.277 e. The van der Waals surface area contributed by atoms with E-state index in [1.807, 2.05) is 13.8 Å². The molecule has 6 nitrogen and oxygen atoms in total. The number of halogens is 2. The zero-order chi connectivity index (χ0) is 20.1. The molecule has 1 heterocycles. The molecule has 1 aromatic carbocycles. The Hall–Kier alpha value is -1.60. The summed E-state index contributed by atoms with van der Waals surface area (Å²) in [6, 6.07) is 4.78. The number of amides is 2. The lowest BCUT2D eigenvalue weighted by atomic mass is 10.0. The maximum atomic E-state index is 13.0. The minimum absolute atomic E-state index is 0.0859. The van der Waals surface area contributed by atoms with Gasteiger partial charge in [0.05, 0.1) is 23.3 Å². The molecule has 0 saturated carbocycles. The van der Waals surface area contributed by atoms with Crippen LogP contribution in [0.25, 0.3) is 5.57 Å². The topological polar surface area (TPSA) is 70.1 Å². The quantitative estimate of drug-likeness (QED) is 0.496. The van der Waals surface area contributed by atoms with E-state index in [2.05, 4.69) is 0 Å². The second-order valence-corrected chi connectivity index (χ2v) is 7.37. The molecule has 1 N–H and O–H groups in total. The predicted octanol–water partition coefficient (Wildman–Crippen LogP) is 2.81. The number of aliphatic hydroxyl groups is 1. The molecule has 0 aromatic heterocycles. The molecular weight excluding hydrogens is 391 g/mol. The van der Waals surface area contributed by atoms with Crippen molar-refractivity contribution in [1.29, 1.82) is 0 Å². The Morgan fingerprint density at radius 1 is 1.22 bits per heavy atom. The highest BCUT2D eigenvalue weighted by molar-refractivity contribution is 6.41. The lowest BCUT2D eigenvalue weighted by Gasteiger charge is -2.20. The lowest BCUT2D eigenvalue weighted by Crippen LogP contribution is -2.36. The van der Waals surface area contributed by atoms with Gasteiger partial charge in [-0.1, -0.05) is 29.3 Å². The average molecular weight is 415 g/mol. The summed E-state index contributed by atoms with van der Waals surface area (Å²) in [5, 5.41) is 9.98. The molecule has 2 amide bonds. The van der Waals surface area contributed by atoms with E-state index >= 15 is 0 Å². The zero-order valence-corrected chi connectivity index (χ0v) is 17.2. The predicted molar refractivity (Wildman–Crippen MR) is 106 cm³/mol. The molecule has 0 unspecified atom stereocenters. The molecule has 0 fully saturated rings. The van der Waals surface area contributed by atoms with E-state index in [1.165, 1.54) is 11.0 Å². The van der Waals surface area contributed by atoms with Crippen molar-refractivity contribution in [2.45, 2.75) is 26.4 Å². The number of carbonyl (C=O) groups is 2. The van der Waals surface area contributed by atoms with E-state index in [9.17, 15) is 14.7 Å². The fourth-order valence-electron chi connectivity index (χ4n) is 2.86. The van der Waals surface area contributed by atoms with Gasteiger partial charge in [-0.05, 0) is 32.4 Å². The normalized spacial score (nSPS) is 14.7. The van der Waals surface area contributed by atoms with E-state index in [1.54, 1.807) is 24.1 Å². The van der Waals surface area contributed by atoms with E-state index < -0.39 is 11.8 Å². The van der Waals surface area contributed by atoms with Crippen LogP contribution in [0.15, 0.2) is 23.9 Å². The summed E-state index contributed by atoms with van der Waals surface area (Å²) >= 11 is 12.2. The molecule has 1 aromatic rings. The number of benzene rings is 1. The van der Waals surface area contributed by atoms with Gasteiger partial charge in [-0.2, -0.15) is 0 Å². The highest BCUT2D eigenvalue weighted by Gasteiger charge is 2.41. The number of hydrogen-bond acceptors (Lipinski definition) is 5. The van der Waals surface area contributed by atoms with Gasteiger partial charge in [0.15, 0.2) is 0 Å². The number of rotatable bonds is 9. The summed E-state index contributed by atoms with van der Waals surface area (Å²) in [6.07, 6.45) is 0.622. The summed E-state index contributed by atoms with van der Waals surface area (Å²) in [6.45, 7) is 4.62. The van der Waals surface area contributed by atoms with E-state index in [-0.39, 0.29) is 37.1 Å². The third kappa shape index (κ3) is 5.02. The fourth-order valence-corrected chi connectivity index (χ4v) is 3.36.